The van der Waals surface area contributed by atoms with E-state index >= 15 is 0 Å². The molecule has 0 heterocycles. The van der Waals surface area contributed by atoms with Crippen LogP contribution < -0.4 is 5.32 Å². The van der Waals surface area contributed by atoms with E-state index in [1.54, 1.807) is 6.07 Å². The largest absolute Gasteiger partial charge is 0.479 e. The van der Waals surface area contributed by atoms with Crippen LogP contribution in [-0.4, -0.2) is 17.0 Å². The van der Waals surface area contributed by atoms with Crippen LogP contribution in [0.15, 0.2) is 18.2 Å². The van der Waals surface area contributed by atoms with Crippen LogP contribution in [0.1, 0.15) is 42.0 Å². The number of carboxylic acids is 1. The molecule has 20 heavy (non-hydrogen) atoms. The molecule has 0 radical (unpaired) electrons. The SMILES string of the molecule is Cc1ccc(C(NC(=O)C2CC23CC3)C(=O)O)cc1C. The second-order valence-electron chi connectivity index (χ2n) is 6.24. The lowest BCUT2D eigenvalue weighted by Crippen LogP contribution is -2.35. The second kappa shape index (κ2) is 4.33. The molecule has 2 saturated carbocycles. The van der Waals surface area contributed by atoms with E-state index in [2.05, 4.69) is 5.32 Å². The lowest BCUT2D eigenvalue weighted by atomic mass is 10.0. The summed E-state index contributed by atoms with van der Waals surface area (Å²) in [6.45, 7) is 3.92. The summed E-state index contributed by atoms with van der Waals surface area (Å²) in [6.07, 6.45) is 3.16. The van der Waals surface area contributed by atoms with Crippen molar-refractivity contribution in [1.82, 2.24) is 5.32 Å². The molecule has 4 nitrogen and oxygen atoms in total. The molecule has 2 atom stereocenters. The summed E-state index contributed by atoms with van der Waals surface area (Å²) in [5.41, 5.74) is 3.03. The minimum Gasteiger partial charge on any atom is -0.479 e. The van der Waals surface area contributed by atoms with Crippen LogP contribution in [0.2, 0.25) is 0 Å². The van der Waals surface area contributed by atoms with Crippen molar-refractivity contribution in [2.75, 3.05) is 0 Å². The number of aliphatic carboxylic acids is 1. The monoisotopic (exact) mass is 273 g/mol. The van der Waals surface area contributed by atoms with Gasteiger partial charge in [-0.15, -0.1) is 0 Å². The molecule has 2 fully saturated rings. The molecule has 2 N–H and O–H groups in total. The second-order valence-corrected chi connectivity index (χ2v) is 6.24. The van der Waals surface area contributed by atoms with E-state index in [0.29, 0.717) is 5.56 Å². The molecule has 2 aliphatic rings. The summed E-state index contributed by atoms with van der Waals surface area (Å²) in [5.74, 6) is -1.07. The Morgan fingerprint density at radius 3 is 2.50 bits per heavy atom. The highest BCUT2D eigenvalue weighted by Crippen LogP contribution is 2.70. The first-order chi connectivity index (χ1) is 9.43. The molecular formula is C16H19NO3. The molecule has 4 heteroatoms. The average molecular weight is 273 g/mol. The van der Waals surface area contributed by atoms with Crippen molar-refractivity contribution in [3.05, 3.63) is 34.9 Å². The Balaban J connectivity index is 1.76. The van der Waals surface area contributed by atoms with Gasteiger partial charge in [0, 0.05) is 5.92 Å². The van der Waals surface area contributed by atoms with Gasteiger partial charge in [-0.2, -0.15) is 0 Å². The molecule has 106 valence electrons. The summed E-state index contributed by atoms with van der Waals surface area (Å²) in [4.78, 5) is 23.6. The third kappa shape index (κ3) is 2.19. The third-order valence-corrected chi connectivity index (χ3v) is 4.80. The zero-order valence-electron chi connectivity index (χ0n) is 11.8. The highest BCUT2D eigenvalue weighted by Gasteiger charge is 2.65. The smallest absolute Gasteiger partial charge is 0.330 e. The maximum absolute atomic E-state index is 12.1. The molecular weight excluding hydrogens is 254 g/mol. The minimum absolute atomic E-state index is 0.0379. The van der Waals surface area contributed by atoms with Gasteiger partial charge in [0.05, 0.1) is 0 Å². The summed E-state index contributed by atoms with van der Waals surface area (Å²) in [5, 5.41) is 12.1. The van der Waals surface area contributed by atoms with Gasteiger partial charge in [-0.25, -0.2) is 4.79 Å². The molecule has 0 bridgehead atoms. The molecule has 3 rings (SSSR count). The number of carbonyl (C=O) groups excluding carboxylic acids is 1. The number of hydrogen-bond donors (Lipinski definition) is 2. The van der Waals surface area contributed by atoms with Crippen molar-refractivity contribution in [3.8, 4) is 0 Å². The van der Waals surface area contributed by atoms with Crippen molar-refractivity contribution < 1.29 is 14.7 Å². The molecule has 1 amide bonds. The first-order valence-corrected chi connectivity index (χ1v) is 7.03. The van der Waals surface area contributed by atoms with Crippen molar-refractivity contribution in [3.63, 3.8) is 0 Å². The van der Waals surface area contributed by atoms with Gasteiger partial charge in [0.1, 0.15) is 0 Å². The number of carbonyl (C=O) groups is 2. The molecule has 1 aromatic carbocycles. The number of benzene rings is 1. The van der Waals surface area contributed by atoms with E-state index in [-0.39, 0.29) is 17.2 Å². The Hall–Kier alpha value is -1.84. The van der Waals surface area contributed by atoms with Gasteiger partial charge >= 0.3 is 5.97 Å². The summed E-state index contributed by atoms with van der Waals surface area (Å²) >= 11 is 0. The lowest BCUT2D eigenvalue weighted by Gasteiger charge is -2.16. The fourth-order valence-electron chi connectivity index (χ4n) is 2.91. The van der Waals surface area contributed by atoms with E-state index < -0.39 is 12.0 Å². The number of rotatable bonds is 4. The number of aryl methyl sites for hydroxylation is 2. The molecule has 2 aliphatic carbocycles. The van der Waals surface area contributed by atoms with Gasteiger partial charge in [-0.3, -0.25) is 4.79 Å². The minimum atomic E-state index is -1.01. The lowest BCUT2D eigenvalue weighted by molar-refractivity contribution is -0.142. The maximum atomic E-state index is 12.1. The summed E-state index contributed by atoms with van der Waals surface area (Å²) in [7, 11) is 0. The van der Waals surface area contributed by atoms with Gasteiger partial charge in [0.25, 0.3) is 0 Å². The molecule has 0 aliphatic heterocycles. The van der Waals surface area contributed by atoms with Crippen molar-refractivity contribution in [2.45, 2.75) is 39.2 Å². The highest BCUT2D eigenvalue weighted by molar-refractivity contribution is 5.88. The van der Waals surface area contributed by atoms with Gasteiger partial charge in [0.15, 0.2) is 6.04 Å². The van der Waals surface area contributed by atoms with E-state index in [9.17, 15) is 14.7 Å². The third-order valence-electron chi connectivity index (χ3n) is 4.80. The Morgan fingerprint density at radius 2 is 2.00 bits per heavy atom. The molecule has 0 saturated heterocycles. The Bertz CT molecular complexity index is 589. The number of amides is 1. The predicted octanol–water partition coefficient (Wildman–Crippen LogP) is 2.35. The topological polar surface area (TPSA) is 66.4 Å². The summed E-state index contributed by atoms with van der Waals surface area (Å²) < 4.78 is 0. The zero-order valence-corrected chi connectivity index (χ0v) is 11.8. The normalized spacial score (nSPS) is 23.2. The maximum Gasteiger partial charge on any atom is 0.330 e. The fraction of sp³-hybridized carbons (Fsp3) is 0.500. The van der Waals surface area contributed by atoms with Gasteiger partial charge in [-0.1, -0.05) is 18.2 Å². The van der Waals surface area contributed by atoms with Crippen LogP contribution in [-0.2, 0) is 9.59 Å². The summed E-state index contributed by atoms with van der Waals surface area (Å²) in [6, 6.07) is 4.57. The molecule has 0 aromatic heterocycles. The van der Waals surface area contributed by atoms with E-state index in [1.165, 1.54) is 0 Å². The van der Waals surface area contributed by atoms with Gasteiger partial charge in [0.2, 0.25) is 5.91 Å². The molecule has 1 aromatic rings. The molecule has 1 spiro atoms. The van der Waals surface area contributed by atoms with Crippen LogP contribution in [0.4, 0.5) is 0 Å². The average Bonchev–Trinajstić information content (AvgIpc) is 3.30. The Labute approximate surface area is 118 Å². The number of hydrogen-bond acceptors (Lipinski definition) is 2. The quantitative estimate of drug-likeness (QED) is 0.885. The number of nitrogens with one attached hydrogen (secondary N) is 1. The first-order valence-electron chi connectivity index (χ1n) is 7.03. The van der Waals surface area contributed by atoms with Crippen LogP contribution in [0.25, 0.3) is 0 Å². The Morgan fingerprint density at radius 1 is 1.30 bits per heavy atom. The van der Waals surface area contributed by atoms with Crippen LogP contribution in [0.3, 0.4) is 0 Å². The van der Waals surface area contributed by atoms with Gasteiger partial charge in [-0.05, 0) is 55.2 Å². The van der Waals surface area contributed by atoms with Crippen LogP contribution in [0, 0.1) is 25.2 Å². The van der Waals surface area contributed by atoms with Crippen LogP contribution in [0.5, 0.6) is 0 Å². The predicted molar refractivity (Wildman–Crippen MR) is 74.2 cm³/mol. The zero-order chi connectivity index (χ0) is 14.5. The molecule has 2 unspecified atom stereocenters. The van der Waals surface area contributed by atoms with Crippen LogP contribution >= 0.6 is 0 Å². The van der Waals surface area contributed by atoms with Gasteiger partial charge < -0.3 is 10.4 Å². The Kier molecular flexibility index (Phi) is 2.85. The first kappa shape index (κ1) is 13.2. The van der Waals surface area contributed by atoms with E-state index in [0.717, 1.165) is 30.4 Å². The fourth-order valence-corrected chi connectivity index (χ4v) is 2.91. The van der Waals surface area contributed by atoms with Crippen molar-refractivity contribution >= 4 is 11.9 Å². The van der Waals surface area contributed by atoms with Crippen molar-refractivity contribution in [1.29, 1.82) is 0 Å². The van der Waals surface area contributed by atoms with E-state index in [4.69, 9.17) is 0 Å². The standard InChI is InChI=1S/C16H19NO3/c1-9-3-4-11(7-10(9)2)13(15(19)20)17-14(18)12-8-16(12)5-6-16/h3-4,7,12-13H,5-6,8H2,1-2H3,(H,17,18)(H,19,20). The van der Waals surface area contributed by atoms with E-state index in [1.807, 2.05) is 26.0 Å². The van der Waals surface area contributed by atoms with Crippen molar-refractivity contribution in [2.24, 2.45) is 11.3 Å². The highest BCUT2D eigenvalue weighted by atomic mass is 16.4. The number of carboxylic acid groups (broad SMARTS) is 1.